The number of hydrogen-bond acceptors (Lipinski definition) is 3. The van der Waals surface area contributed by atoms with E-state index in [9.17, 15) is 9.59 Å². The quantitative estimate of drug-likeness (QED) is 0.770. The van der Waals surface area contributed by atoms with E-state index in [1.165, 1.54) is 0 Å². The molecule has 4 nitrogen and oxygen atoms in total. The van der Waals surface area contributed by atoms with Gasteiger partial charge < -0.3 is 10.1 Å². The molecule has 0 spiro atoms. The second-order valence-corrected chi connectivity index (χ2v) is 7.27. The van der Waals surface area contributed by atoms with Gasteiger partial charge in [0, 0.05) is 22.1 Å². The van der Waals surface area contributed by atoms with Crippen LogP contribution >= 0.6 is 15.9 Å². The van der Waals surface area contributed by atoms with Crippen molar-refractivity contribution in [1.29, 1.82) is 0 Å². The van der Waals surface area contributed by atoms with Crippen LogP contribution in [0.25, 0.3) is 0 Å². The first-order valence-corrected chi connectivity index (χ1v) is 8.40. The number of ketones is 1. The zero-order chi connectivity index (χ0) is 17.7. The molecule has 0 aromatic heterocycles. The summed E-state index contributed by atoms with van der Waals surface area (Å²) in [5, 5.41) is 2.69. The van der Waals surface area contributed by atoms with Gasteiger partial charge in [-0.2, -0.15) is 0 Å². The number of rotatable bonds is 4. The van der Waals surface area contributed by atoms with Gasteiger partial charge in [0.05, 0.1) is 0 Å². The van der Waals surface area contributed by atoms with Crippen molar-refractivity contribution in [3.63, 3.8) is 0 Å². The van der Waals surface area contributed by atoms with Gasteiger partial charge in [-0.1, -0.05) is 52.3 Å². The molecule has 0 saturated carbocycles. The molecule has 1 amide bonds. The highest BCUT2D eigenvalue weighted by molar-refractivity contribution is 9.10. The van der Waals surface area contributed by atoms with Crippen molar-refractivity contribution in [1.82, 2.24) is 5.32 Å². The fraction of sp³-hybridized carbons (Fsp3) is 0.263. The van der Waals surface area contributed by atoms with Crippen molar-refractivity contribution in [2.75, 3.05) is 0 Å². The lowest BCUT2D eigenvalue weighted by Gasteiger charge is -2.20. The molecule has 1 N–H and O–H groups in total. The number of nitrogens with one attached hydrogen (secondary N) is 1. The molecular weight excluding hydrogens is 370 g/mol. The van der Waals surface area contributed by atoms with Crippen LogP contribution in [0.4, 0.5) is 4.79 Å². The monoisotopic (exact) mass is 389 g/mol. The van der Waals surface area contributed by atoms with E-state index in [-0.39, 0.29) is 12.3 Å². The fourth-order valence-electron chi connectivity index (χ4n) is 2.14. The molecule has 0 aliphatic rings. The van der Waals surface area contributed by atoms with E-state index < -0.39 is 11.7 Å². The standard InChI is InChI=1S/C19H20BrNO3/c1-19(2,3)24-18(23)21-12-14-9-10-15(20)11-16(14)17(22)13-7-5-4-6-8-13/h4-11H,12H2,1-3H3,(H,21,23). The molecule has 0 unspecified atom stereocenters. The molecule has 0 aliphatic carbocycles. The molecule has 2 aromatic rings. The van der Waals surface area contributed by atoms with Gasteiger partial charge in [-0.05, 0) is 38.5 Å². The van der Waals surface area contributed by atoms with Crippen molar-refractivity contribution in [3.05, 3.63) is 69.7 Å². The molecule has 2 rings (SSSR count). The average Bonchev–Trinajstić information content (AvgIpc) is 2.52. The summed E-state index contributed by atoms with van der Waals surface area (Å²) in [6.07, 6.45) is -0.511. The summed E-state index contributed by atoms with van der Waals surface area (Å²) in [5.74, 6) is -0.0853. The van der Waals surface area contributed by atoms with Crippen LogP contribution in [0.1, 0.15) is 42.3 Å². The van der Waals surface area contributed by atoms with Crippen molar-refractivity contribution in [2.45, 2.75) is 32.9 Å². The Hall–Kier alpha value is -2.14. The summed E-state index contributed by atoms with van der Waals surface area (Å²) in [6.45, 7) is 5.62. The van der Waals surface area contributed by atoms with Crippen molar-refractivity contribution >= 4 is 27.8 Å². The third-order valence-corrected chi connectivity index (χ3v) is 3.67. The van der Waals surface area contributed by atoms with Gasteiger partial charge in [-0.25, -0.2) is 4.79 Å². The normalized spacial score (nSPS) is 11.0. The van der Waals surface area contributed by atoms with Crippen LogP contribution in [-0.4, -0.2) is 17.5 Å². The minimum Gasteiger partial charge on any atom is -0.444 e. The summed E-state index contributed by atoms with van der Waals surface area (Å²) >= 11 is 3.39. The molecule has 5 heteroatoms. The van der Waals surface area contributed by atoms with Crippen molar-refractivity contribution in [2.24, 2.45) is 0 Å². The van der Waals surface area contributed by atoms with Crippen molar-refractivity contribution in [3.8, 4) is 0 Å². The number of carbonyl (C=O) groups excluding carboxylic acids is 2. The lowest BCUT2D eigenvalue weighted by Crippen LogP contribution is -2.32. The Morgan fingerprint density at radius 1 is 1.08 bits per heavy atom. The highest BCUT2D eigenvalue weighted by Gasteiger charge is 2.18. The Bertz CT molecular complexity index is 736. The van der Waals surface area contributed by atoms with Crippen LogP contribution in [-0.2, 0) is 11.3 Å². The number of hydrogen-bond donors (Lipinski definition) is 1. The summed E-state index contributed by atoms with van der Waals surface area (Å²) < 4.78 is 6.03. The van der Waals surface area contributed by atoms with E-state index in [2.05, 4.69) is 21.2 Å². The maximum absolute atomic E-state index is 12.7. The number of alkyl carbamates (subject to hydrolysis) is 1. The maximum Gasteiger partial charge on any atom is 0.407 e. The molecule has 0 atom stereocenters. The first kappa shape index (κ1) is 18.2. The summed E-state index contributed by atoms with van der Waals surface area (Å²) in [6, 6.07) is 14.5. The number of halogens is 1. The molecule has 0 fully saturated rings. The van der Waals surface area contributed by atoms with Crippen molar-refractivity contribution < 1.29 is 14.3 Å². The predicted octanol–water partition coefficient (Wildman–Crippen LogP) is 4.70. The van der Waals surface area contributed by atoms with E-state index in [1.807, 2.05) is 30.3 Å². The Morgan fingerprint density at radius 3 is 2.38 bits per heavy atom. The largest absolute Gasteiger partial charge is 0.444 e. The predicted molar refractivity (Wildman–Crippen MR) is 97.1 cm³/mol. The first-order valence-electron chi connectivity index (χ1n) is 7.61. The third-order valence-electron chi connectivity index (χ3n) is 3.17. The number of amides is 1. The fourth-order valence-corrected chi connectivity index (χ4v) is 2.50. The van der Waals surface area contributed by atoms with E-state index in [1.54, 1.807) is 39.0 Å². The van der Waals surface area contributed by atoms with Gasteiger partial charge in [-0.3, -0.25) is 4.79 Å². The Morgan fingerprint density at radius 2 is 1.75 bits per heavy atom. The topological polar surface area (TPSA) is 55.4 Å². The van der Waals surface area contributed by atoms with E-state index >= 15 is 0 Å². The molecular formula is C19H20BrNO3. The minimum atomic E-state index is -0.563. The highest BCUT2D eigenvalue weighted by atomic mass is 79.9. The number of ether oxygens (including phenoxy) is 1. The molecule has 0 heterocycles. The first-order chi connectivity index (χ1) is 11.3. The van der Waals surface area contributed by atoms with Gasteiger partial charge in [0.15, 0.2) is 5.78 Å². The SMILES string of the molecule is CC(C)(C)OC(=O)NCc1ccc(Br)cc1C(=O)c1ccccc1. The maximum atomic E-state index is 12.7. The van der Waals surface area contributed by atoms with Gasteiger partial charge in [-0.15, -0.1) is 0 Å². The summed E-state index contributed by atoms with van der Waals surface area (Å²) in [4.78, 5) is 24.6. The van der Waals surface area contributed by atoms with Gasteiger partial charge in [0.1, 0.15) is 5.60 Å². The van der Waals surface area contributed by atoms with Crippen LogP contribution < -0.4 is 5.32 Å². The Kier molecular flexibility index (Phi) is 5.78. The molecule has 2 aromatic carbocycles. The molecule has 0 aliphatic heterocycles. The van der Waals surface area contributed by atoms with Crippen LogP contribution in [0.2, 0.25) is 0 Å². The number of carbonyl (C=O) groups is 2. The smallest absolute Gasteiger partial charge is 0.407 e. The summed E-state index contributed by atoms with van der Waals surface area (Å²) in [7, 11) is 0. The number of benzene rings is 2. The molecule has 0 bridgehead atoms. The molecule has 126 valence electrons. The molecule has 24 heavy (non-hydrogen) atoms. The zero-order valence-corrected chi connectivity index (χ0v) is 15.5. The second-order valence-electron chi connectivity index (χ2n) is 6.35. The van der Waals surface area contributed by atoms with Gasteiger partial charge >= 0.3 is 6.09 Å². The van der Waals surface area contributed by atoms with E-state index in [4.69, 9.17) is 4.74 Å². The minimum absolute atomic E-state index is 0.0853. The van der Waals surface area contributed by atoms with Crippen LogP contribution in [0.3, 0.4) is 0 Å². The van der Waals surface area contributed by atoms with Crippen LogP contribution in [0.5, 0.6) is 0 Å². The average molecular weight is 390 g/mol. The third kappa shape index (κ3) is 5.20. The van der Waals surface area contributed by atoms with Crippen LogP contribution in [0.15, 0.2) is 53.0 Å². The van der Waals surface area contributed by atoms with Crippen LogP contribution in [0, 0.1) is 0 Å². The highest BCUT2D eigenvalue weighted by Crippen LogP contribution is 2.20. The Balaban J connectivity index is 2.19. The van der Waals surface area contributed by atoms with E-state index in [0.717, 1.165) is 10.0 Å². The van der Waals surface area contributed by atoms with E-state index in [0.29, 0.717) is 11.1 Å². The summed E-state index contributed by atoms with van der Waals surface area (Å²) in [5.41, 5.74) is 1.32. The lowest BCUT2D eigenvalue weighted by molar-refractivity contribution is 0.0523. The van der Waals surface area contributed by atoms with Gasteiger partial charge in [0.2, 0.25) is 0 Å². The lowest BCUT2D eigenvalue weighted by atomic mass is 9.98. The molecule has 0 radical (unpaired) electrons. The second kappa shape index (κ2) is 7.62. The zero-order valence-electron chi connectivity index (χ0n) is 13.9. The Labute approximate surface area is 150 Å². The molecule has 0 saturated heterocycles. The van der Waals surface area contributed by atoms with Gasteiger partial charge in [0.25, 0.3) is 0 Å².